The molecular weight excluding hydrogens is 432 g/mol. The Kier molecular flexibility index (Phi) is 8.45. The largest absolute Gasteiger partial charge is 0.507 e. The number of carbonyl (C=O) groups excluding carboxylic acids is 2. The number of pyridine rings is 1. The van der Waals surface area contributed by atoms with Crippen LogP contribution < -0.4 is 4.74 Å². The second-order valence-electron chi connectivity index (χ2n) is 9.21. The minimum Gasteiger partial charge on any atom is -0.507 e. The number of carbonyl (C=O) groups is 2. The summed E-state index contributed by atoms with van der Waals surface area (Å²) in [6.45, 7) is 11.3. The maximum absolute atomic E-state index is 13.1. The molecular formula is C27H34N2O5. The van der Waals surface area contributed by atoms with Gasteiger partial charge in [-0.3, -0.25) is 14.6 Å². The summed E-state index contributed by atoms with van der Waals surface area (Å²) in [7, 11) is 0. The number of aryl methyl sites for hydroxylation is 1. The van der Waals surface area contributed by atoms with Crippen LogP contribution in [0.15, 0.2) is 48.2 Å². The molecule has 1 N–H and O–H groups in total. The van der Waals surface area contributed by atoms with Gasteiger partial charge in [0.05, 0.1) is 24.0 Å². The van der Waals surface area contributed by atoms with Gasteiger partial charge in [0, 0.05) is 24.9 Å². The van der Waals surface area contributed by atoms with Crippen molar-refractivity contribution < 1.29 is 24.2 Å². The highest BCUT2D eigenvalue weighted by molar-refractivity contribution is 6.46. The Morgan fingerprint density at radius 2 is 1.91 bits per heavy atom. The Balaban J connectivity index is 1.97. The maximum Gasteiger partial charge on any atom is 0.295 e. The number of ether oxygens (including phenoxy) is 2. The van der Waals surface area contributed by atoms with Gasteiger partial charge in [0.25, 0.3) is 11.7 Å². The minimum atomic E-state index is -0.766. The van der Waals surface area contributed by atoms with Crippen LogP contribution in [-0.4, -0.2) is 52.5 Å². The Labute approximate surface area is 201 Å². The van der Waals surface area contributed by atoms with Crippen molar-refractivity contribution in [2.45, 2.75) is 53.2 Å². The lowest BCUT2D eigenvalue weighted by atomic mass is 9.97. The van der Waals surface area contributed by atoms with E-state index in [9.17, 15) is 14.7 Å². The molecule has 7 heteroatoms. The van der Waals surface area contributed by atoms with Crippen LogP contribution in [0.25, 0.3) is 5.76 Å². The quantitative estimate of drug-likeness (QED) is 0.237. The van der Waals surface area contributed by atoms with E-state index in [0.29, 0.717) is 43.4 Å². The summed E-state index contributed by atoms with van der Waals surface area (Å²) < 4.78 is 11.4. The van der Waals surface area contributed by atoms with Gasteiger partial charge >= 0.3 is 0 Å². The molecule has 1 unspecified atom stereocenters. The van der Waals surface area contributed by atoms with Crippen molar-refractivity contribution in [1.82, 2.24) is 9.88 Å². The molecule has 0 aliphatic carbocycles. The second kappa shape index (κ2) is 11.3. The molecule has 0 saturated carbocycles. The molecule has 34 heavy (non-hydrogen) atoms. The number of Topliss-reactive ketones (excluding diaryl/α,β-unsaturated/α-hetero) is 1. The molecule has 1 aromatic carbocycles. The molecule has 1 aliphatic rings. The number of aliphatic hydroxyl groups is 1. The first-order valence-corrected chi connectivity index (χ1v) is 11.8. The molecule has 1 fully saturated rings. The fourth-order valence-electron chi connectivity index (χ4n) is 3.88. The number of rotatable bonds is 10. The molecule has 0 spiro atoms. The number of benzene rings is 1. The molecule has 0 bridgehead atoms. The van der Waals surface area contributed by atoms with Crippen LogP contribution in [0.1, 0.15) is 57.0 Å². The fourth-order valence-corrected chi connectivity index (χ4v) is 3.88. The topological polar surface area (TPSA) is 89.0 Å². The molecule has 1 saturated heterocycles. The number of aliphatic hydroxyl groups excluding tert-OH is 1. The number of amides is 1. The van der Waals surface area contributed by atoms with E-state index < -0.39 is 17.7 Å². The number of nitrogens with zero attached hydrogens (tertiary/aromatic N) is 2. The lowest BCUT2D eigenvalue weighted by Gasteiger charge is -2.24. The van der Waals surface area contributed by atoms with Crippen molar-refractivity contribution >= 4 is 17.4 Å². The van der Waals surface area contributed by atoms with Crippen LogP contribution in [0.5, 0.6) is 5.75 Å². The van der Waals surface area contributed by atoms with Gasteiger partial charge in [0.1, 0.15) is 17.6 Å². The van der Waals surface area contributed by atoms with Crippen LogP contribution in [0.4, 0.5) is 0 Å². The zero-order valence-corrected chi connectivity index (χ0v) is 20.6. The van der Waals surface area contributed by atoms with Crippen LogP contribution in [0.2, 0.25) is 0 Å². The third kappa shape index (κ3) is 5.83. The van der Waals surface area contributed by atoms with E-state index in [2.05, 4.69) is 18.8 Å². The van der Waals surface area contributed by atoms with Crippen molar-refractivity contribution in [2.24, 2.45) is 5.92 Å². The number of hydrogen-bond acceptors (Lipinski definition) is 6. The molecule has 2 heterocycles. The van der Waals surface area contributed by atoms with E-state index in [1.807, 2.05) is 20.8 Å². The number of aromatic nitrogens is 1. The van der Waals surface area contributed by atoms with Gasteiger partial charge in [-0.15, -0.1) is 0 Å². The lowest BCUT2D eigenvalue weighted by molar-refractivity contribution is -0.140. The summed E-state index contributed by atoms with van der Waals surface area (Å²) in [6, 6.07) is 9.82. The van der Waals surface area contributed by atoms with Crippen molar-refractivity contribution in [3.8, 4) is 5.75 Å². The third-order valence-corrected chi connectivity index (χ3v) is 5.52. The van der Waals surface area contributed by atoms with Gasteiger partial charge in [-0.2, -0.15) is 0 Å². The number of ketones is 1. The zero-order chi connectivity index (χ0) is 24.8. The van der Waals surface area contributed by atoms with Crippen molar-refractivity contribution in [1.29, 1.82) is 0 Å². The van der Waals surface area contributed by atoms with Gasteiger partial charge in [0.2, 0.25) is 0 Å². The molecule has 0 radical (unpaired) electrons. The molecule has 1 atom stereocenters. The maximum atomic E-state index is 13.1. The van der Waals surface area contributed by atoms with E-state index in [-0.39, 0.29) is 17.4 Å². The predicted octanol–water partition coefficient (Wildman–Crippen LogP) is 4.66. The summed E-state index contributed by atoms with van der Waals surface area (Å²) in [4.78, 5) is 31.9. The van der Waals surface area contributed by atoms with E-state index in [0.717, 1.165) is 11.3 Å². The SMILES string of the molecule is Cc1cc(/C(O)=C2/C(=O)C(=O)N(CCCOC(C)C)C2c2ccccn2)ccc1OCC(C)C. The Morgan fingerprint density at radius 1 is 1.15 bits per heavy atom. The van der Waals surface area contributed by atoms with Gasteiger partial charge < -0.3 is 19.5 Å². The summed E-state index contributed by atoms with van der Waals surface area (Å²) >= 11 is 0. The Bertz CT molecular complexity index is 1050. The molecule has 1 aliphatic heterocycles. The van der Waals surface area contributed by atoms with Gasteiger partial charge in [-0.05, 0) is 69.0 Å². The summed E-state index contributed by atoms with van der Waals surface area (Å²) in [5.41, 5.74) is 1.86. The van der Waals surface area contributed by atoms with Crippen LogP contribution in [0.3, 0.4) is 0 Å². The zero-order valence-electron chi connectivity index (χ0n) is 20.6. The number of hydrogen-bond donors (Lipinski definition) is 1. The first-order valence-electron chi connectivity index (χ1n) is 11.8. The smallest absolute Gasteiger partial charge is 0.295 e. The summed E-state index contributed by atoms with van der Waals surface area (Å²) in [5.74, 6) is -0.468. The third-order valence-electron chi connectivity index (χ3n) is 5.52. The van der Waals surface area contributed by atoms with Crippen LogP contribution in [0, 0.1) is 12.8 Å². The lowest BCUT2D eigenvalue weighted by Crippen LogP contribution is -2.31. The average molecular weight is 467 g/mol. The van der Waals surface area contributed by atoms with E-state index >= 15 is 0 Å². The first kappa shape index (κ1) is 25.4. The van der Waals surface area contributed by atoms with E-state index in [1.165, 1.54) is 4.90 Å². The van der Waals surface area contributed by atoms with Crippen molar-refractivity contribution in [3.05, 3.63) is 65.0 Å². The monoisotopic (exact) mass is 466 g/mol. The normalized spacial score (nSPS) is 17.7. The Morgan fingerprint density at radius 3 is 2.53 bits per heavy atom. The van der Waals surface area contributed by atoms with E-state index in [4.69, 9.17) is 9.47 Å². The standard InChI is InChI=1S/C27H34N2O5/c1-17(2)16-34-22-11-10-20(15-19(22)5)25(30)23-24(21-9-6-7-12-28-21)29(27(32)26(23)31)13-8-14-33-18(3)4/h6-7,9-12,15,17-18,24,30H,8,13-14,16H2,1-5H3/b25-23-. The van der Waals surface area contributed by atoms with E-state index in [1.54, 1.807) is 42.6 Å². The van der Waals surface area contributed by atoms with Crippen LogP contribution >= 0.6 is 0 Å². The minimum absolute atomic E-state index is 0.0451. The molecule has 7 nitrogen and oxygen atoms in total. The first-order chi connectivity index (χ1) is 16.2. The molecule has 2 aromatic rings. The highest BCUT2D eigenvalue weighted by Crippen LogP contribution is 2.39. The van der Waals surface area contributed by atoms with Crippen LogP contribution in [-0.2, 0) is 14.3 Å². The summed E-state index contributed by atoms with van der Waals surface area (Å²) in [6.07, 6.45) is 2.26. The summed E-state index contributed by atoms with van der Waals surface area (Å²) in [5, 5.41) is 11.2. The van der Waals surface area contributed by atoms with Gasteiger partial charge in [-0.1, -0.05) is 19.9 Å². The van der Waals surface area contributed by atoms with Gasteiger partial charge in [-0.25, -0.2) is 0 Å². The molecule has 1 aromatic heterocycles. The van der Waals surface area contributed by atoms with Crippen molar-refractivity contribution in [2.75, 3.05) is 19.8 Å². The Hall–Kier alpha value is -3.19. The average Bonchev–Trinajstić information content (AvgIpc) is 3.05. The second-order valence-corrected chi connectivity index (χ2v) is 9.21. The highest BCUT2D eigenvalue weighted by Gasteiger charge is 2.46. The van der Waals surface area contributed by atoms with Crippen molar-refractivity contribution in [3.63, 3.8) is 0 Å². The predicted molar refractivity (Wildman–Crippen MR) is 130 cm³/mol. The molecule has 1 amide bonds. The fraction of sp³-hybridized carbons (Fsp3) is 0.444. The number of likely N-dealkylation sites (tertiary alicyclic amines) is 1. The highest BCUT2D eigenvalue weighted by atomic mass is 16.5. The van der Waals surface area contributed by atoms with Gasteiger partial charge in [0.15, 0.2) is 0 Å². The molecule has 3 rings (SSSR count). The molecule has 182 valence electrons.